The first-order chi connectivity index (χ1) is 6.50. The van der Waals surface area contributed by atoms with Crippen LogP contribution < -0.4 is 0 Å². The average Bonchev–Trinajstić information content (AvgIpc) is 2.50. The van der Waals surface area contributed by atoms with Crippen molar-refractivity contribution in [1.82, 2.24) is 9.97 Å². The van der Waals surface area contributed by atoms with Crippen LogP contribution in [0.2, 0.25) is 5.02 Å². The Morgan fingerprint density at radius 1 is 1.36 bits per heavy atom. The second kappa shape index (κ2) is 3.12. The quantitative estimate of drug-likeness (QED) is 0.790. The zero-order valence-corrected chi connectivity index (χ0v) is 8.99. The Morgan fingerprint density at radius 3 is 2.71 bits per heavy atom. The smallest absolute Gasteiger partial charge is 0.263 e. The van der Waals surface area contributed by atoms with Gasteiger partial charge in [-0.05, 0) is 12.1 Å². The van der Waals surface area contributed by atoms with Crippen LogP contribution in [-0.4, -0.2) is 18.4 Å². The lowest BCUT2D eigenvalue weighted by Crippen LogP contribution is -1.92. The van der Waals surface area contributed by atoms with Crippen LogP contribution in [0.25, 0.3) is 11.0 Å². The molecule has 7 heteroatoms. The van der Waals surface area contributed by atoms with Gasteiger partial charge >= 0.3 is 0 Å². The number of aromatic amines is 1. The van der Waals surface area contributed by atoms with Crippen molar-refractivity contribution in [2.75, 3.05) is 0 Å². The first-order valence-corrected chi connectivity index (χ1v) is 6.25. The predicted octanol–water partition coefficient (Wildman–Crippen LogP) is 2.14. The van der Waals surface area contributed by atoms with Crippen molar-refractivity contribution < 1.29 is 8.42 Å². The van der Waals surface area contributed by atoms with E-state index in [-0.39, 0.29) is 10.4 Å². The van der Waals surface area contributed by atoms with Crippen LogP contribution in [0.3, 0.4) is 0 Å². The van der Waals surface area contributed by atoms with Gasteiger partial charge in [-0.3, -0.25) is 0 Å². The van der Waals surface area contributed by atoms with Gasteiger partial charge in [0.05, 0.1) is 16.9 Å². The number of hydrogen-bond donors (Lipinski definition) is 1. The third-order valence-electron chi connectivity index (χ3n) is 1.76. The van der Waals surface area contributed by atoms with Gasteiger partial charge in [-0.25, -0.2) is 13.4 Å². The molecule has 0 saturated carbocycles. The van der Waals surface area contributed by atoms with Crippen molar-refractivity contribution in [2.24, 2.45) is 0 Å². The summed E-state index contributed by atoms with van der Waals surface area (Å²) in [4.78, 5) is 6.53. The van der Waals surface area contributed by atoms with Crippen LogP contribution in [0.1, 0.15) is 0 Å². The zero-order valence-electron chi connectivity index (χ0n) is 6.66. The van der Waals surface area contributed by atoms with E-state index in [1.165, 1.54) is 18.5 Å². The molecule has 2 aromatic rings. The first kappa shape index (κ1) is 9.76. The third-order valence-corrected chi connectivity index (χ3v) is 3.42. The summed E-state index contributed by atoms with van der Waals surface area (Å²) in [7, 11) is 1.44. The van der Waals surface area contributed by atoms with Crippen molar-refractivity contribution in [3.05, 3.63) is 23.5 Å². The summed E-state index contributed by atoms with van der Waals surface area (Å²) in [6.07, 6.45) is 1.36. The highest BCUT2D eigenvalue weighted by molar-refractivity contribution is 8.14. The van der Waals surface area contributed by atoms with Crippen molar-refractivity contribution >= 4 is 42.4 Å². The number of halogens is 2. The fraction of sp³-hybridized carbons (Fsp3) is 0. The van der Waals surface area contributed by atoms with E-state index >= 15 is 0 Å². The topological polar surface area (TPSA) is 62.8 Å². The Kier molecular flexibility index (Phi) is 2.17. The van der Waals surface area contributed by atoms with Crippen LogP contribution in [0.5, 0.6) is 0 Å². The summed E-state index contributed by atoms with van der Waals surface area (Å²) in [5.74, 6) is 0. The molecule has 0 aliphatic carbocycles. The van der Waals surface area contributed by atoms with Gasteiger partial charge in [0.2, 0.25) is 0 Å². The van der Waals surface area contributed by atoms with E-state index in [1.54, 1.807) is 0 Å². The summed E-state index contributed by atoms with van der Waals surface area (Å²) in [5.41, 5.74) is 0.723. The highest BCUT2D eigenvalue weighted by Gasteiger charge is 2.17. The van der Waals surface area contributed by atoms with E-state index in [4.69, 9.17) is 22.3 Å². The van der Waals surface area contributed by atoms with Gasteiger partial charge in [-0.2, -0.15) is 0 Å². The molecule has 0 saturated heterocycles. The lowest BCUT2D eigenvalue weighted by Gasteiger charge is -1.98. The van der Waals surface area contributed by atoms with Gasteiger partial charge in [-0.15, -0.1) is 0 Å². The van der Waals surface area contributed by atoms with Crippen LogP contribution >= 0.6 is 22.3 Å². The molecular formula is C7H4Cl2N2O2S. The number of nitrogens with one attached hydrogen (secondary N) is 1. The van der Waals surface area contributed by atoms with Gasteiger partial charge in [0.1, 0.15) is 10.4 Å². The molecule has 0 unspecified atom stereocenters. The number of H-pyrrole nitrogens is 1. The lowest BCUT2D eigenvalue weighted by atomic mass is 10.3. The minimum absolute atomic E-state index is 0.0418. The van der Waals surface area contributed by atoms with E-state index in [9.17, 15) is 8.42 Å². The van der Waals surface area contributed by atoms with Crippen LogP contribution in [-0.2, 0) is 9.05 Å². The van der Waals surface area contributed by atoms with Gasteiger partial charge < -0.3 is 4.98 Å². The Labute approximate surface area is 89.3 Å². The maximum atomic E-state index is 11.1. The minimum Gasteiger partial charge on any atom is -0.343 e. The highest BCUT2D eigenvalue weighted by atomic mass is 35.7. The fourth-order valence-electron chi connectivity index (χ4n) is 1.17. The average molecular weight is 251 g/mol. The Morgan fingerprint density at radius 2 is 2.07 bits per heavy atom. The largest absolute Gasteiger partial charge is 0.343 e. The van der Waals surface area contributed by atoms with Crippen LogP contribution in [0, 0.1) is 0 Å². The number of hydrogen-bond acceptors (Lipinski definition) is 3. The third kappa shape index (κ3) is 1.47. The molecule has 0 fully saturated rings. The maximum absolute atomic E-state index is 11.1. The molecule has 74 valence electrons. The molecule has 0 amide bonds. The Hall–Kier alpha value is -0.780. The molecule has 0 aliphatic heterocycles. The van der Waals surface area contributed by atoms with E-state index < -0.39 is 9.05 Å². The van der Waals surface area contributed by atoms with Gasteiger partial charge in [0.15, 0.2) is 0 Å². The maximum Gasteiger partial charge on any atom is 0.263 e. The van der Waals surface area contributed by atoms with Crippen molar-refractivity contribution in [1.29, 1.82) is 0 Å². The minimum atomic E-state index is -3.79. The summed E-state index contributed by atoms with van der Waals surface area (Å²) in [6.45, 7) is 0. The van der Waals surface area contributed by atoms with Gasteiger partial charge in [-0.1, -0.05) is 11.6 Å². The molecule has 0 radical (unpaired) electrons. The van der Waals surface area contributed by atoms with E-state index in [2.05, 4.69) is 9.97 Å². The summed E-state index contributed by atoms with van der Waals surface area (Å²) in [6, 6.07) is 2.78. The molecular weight excluding hydrogens is 247 g/mol. The number of nitrogens with zero attached hydrogens (tertiary/aromatic N) is 1. The zero-order chi connectivity index (χ0) is 10.3. The monoisotopic (exact) mass is 250 g/mol. The second-order valence-corrected chi connectivity index (χ2v) is 5.55. The molecule has 0 bridgehead atoms. The Balaban J connectivity index is 2.93. The number of benzene rings is 1. The molecule has 1 heterocycles. The van der Waals surface area contributed by atoms with E-state index in [0.717, 1.165) is 0 Å². The SMILES string of the molecule is O=S(=O)(Cl)c1ccc(Cl)c2[nH]cnc12. The molecule has 1 N–H and O–H groups in total. The van der Waals surface area contributed by atoms with Gasteiger partial charge in [0.25, 0.3) is 9.05 Å². The molecule has 1 aromatic carbocycles. The normalized spacial score (nSPS) is 12.1. The number of fused-ring (bicyclic) bond motifs is 1. The second-order valence-electron chi connectivity index (χ2n) is 2.61. The number of aromatic nitrogens is 2. The molecule has 4 nitrogen and oxygen atoms in total. The Bertz CT molecular complexity index is 591. The van der Waals surface area contributed by atoms with E-state index in [0.29, 0.717) is 10.5 Å². The molecule has 1 aromatic heterocycles. The molecule has 0 spiro atoms. The molecule has 14 heavy (non-hydrogen) atoms. The molecule has 0 aliphatic rings. The molecule has 2 rings (SSSR count). The van der Waals surface area contributed by atoms with E-state index in [1.807, 2.05) is 0 Å². The van der Waals surface area contributed by atoms with Crippen LogP contribution in [0.15, 0.2) is 23.4 Å². The highest BCUT2D eigenvalue weighted by Crippen LogP contribution is 2.28. The fourth-order valence-corrected chi connectivity index (χ4v) is 2.37. The summed E-state index contributed by atoms with van der Waals surface area (Å²) >= 11 is 5.81. The lowest BCUT2D eigenvalue weighted by molar-refractivity contribution is 0.610. The first-order valence-electron chi connectivity index (χ1n) is 3.56. The standard InChI is InChI=1S/C7H4Cl2N2O2S/c8-4-1-2-5(14(9,12)13)7-6(4)10-3-11-7/h1-3H,(H,10,11). The predicted molar refractivity (Wildman–Crippen MR) is 54.1 cm³/mol. The molecule has 0 atom stereocenters. The van der Waals surface area contributed by atoms with Gasteiger partial charge in [0, 0.05) is 10.7 Å². The summed E-state index contributed by atoms with van der Waals surface area (Å²) < 4.78 is 22.2. The van der Waals surface area contributed by atoms with Crippen molar-refractivity contribution in [2.45, 2.75) is 4.90 Å². The number of imidazole rings is 1. The van der Waals surface area contributed by atoms with Crippen molar-refractivity contribution in [3.63, 3.8) is 0 Å². The summed E-state index contributed by atoms with van der Waals surface area (Å²) in [5, 5.41) is 0.404. The van der Waals surface area contributed by atoms with Crippen LogP contribution in [0.4, 0.5) is 0 Å². The number of rotatable bonds is 1. The van der Waals surface area contributed by atoms with Crippen molar-refractivity contribution in [3.8, 4) is 0 Å².